The fourth-order valence-electron chi connectivity index (χ4n) is 1.88. The van der Waals surface area contributed by atoms with Gasteiger partial charge in [-0.15, -0.1) is 11.3 Å². The molecule has 82 valence electrons. The number of carbonyl (C=O) groups is 1. The predicted octanol–water partition coefficient (Wildman–Crippen LogP) is 2.33. The summed E-state index contributed by atoms with van der Waals surface area (Å²) in [5.74, 6) is 0.727. The van der Waals surface area contributed by atoms with Crippen molar-refractivity contribution in [1.29, 1.82) is 0 Å². The molecule has 1 amide bonds. The summed E-state index contributed by atoms with van der Waals surface area (Å²) in [4.78, 5) is 12.5. The molecule has 16 heavy (non-hydrogen) atoms. The molecule has 2 aromatic rings. The van der Waals surface area contributed by atoms with Gasteiger partial charge in [-0.05, 0) is 19.1 Å². The zero-order valence-electron chi connectivity index (χ0n) is 8.87. The van der Waals surface area contributed by atoms with E-state index < -0.39 is 0 Å². The molecule has 3 rings (SSSR count). The highest BCUT2D eigenvalue weighted by atomic mass is 32.1. The summed E-state index contributed by atoms with van der Waals surface area (Å²) in [7, 11) is 0. The smallest absolute Gasteiger partial charge is 0.265 e. The highest BCUT2D eigenvalue weighted by Gasteiger charge is 2.22. The number of benzene rings is 1. The third-order valence-electron chi connectivity index (χ3n) is 2.64. The molecule has 0 bridgehead atoms. The molecular formula is C12H11NO2S. The van der Waals surface area contributed by atoms with E-state index in [0.717, 1.165) is 15.8 Å². The van der Waals surface area contributed by atoms with E-state index in [1.165, 1.54) is 16.9 Å². The maximum Gasteiger partial charge on any atom is 0.265 e. The number of rotatable bonds is 0. The van der Waals surface area contributed by atoms with Gasteiger partial charge in [-0.1, -0.05) is 11.6 Å². The maximum absolute atomic E-state index is 11.8. The summed E-state index contributed by atoms with van der Waals surface area (Å²) < 4.78 is 6.76. The lowest BCUT2D eigenvalue weighted by Crippen LogP contribution is -2.23. The number of hydrogen-bond donors (Lipinski definition) is 1. The zero-order valence-corrected chi connectivity index (χ0v) is 9.69. The SMILES string of the molecule is Cc1ccc2sc3c(c2c1)OCCNC3=O. The highest BCUT2D eigenvalue weighted by molar-refractivity contribution is 7.21. The van der Waals surface area contributed by atoms with E-state index in [2.05, 4.69) is 17.4 Å². The van der Waals surface area contributed by atoms with Crippen LogP contribution in [0.2, 0.25) is 0 Å². The van der Waals surface area contributed by atoms with Crippen molar-refractivity contribution >= 4 is 27.3 Å². The topological polar surface area (TPSA) is 38.3 Å². The Morgan fingerprint density at radius 3 is 3.19 bits per heavy atom. The van der Waals surface area contributed by atoms with Gasteiger partial charge in [-0.3, -0.25) is 4.79 Å². The first-order valence-corrected chi connectivity index (χ1v) is 6.01. The third-order valence-corrected chi connectivity index (χ3v) is 3.79. The summed E-state index contributed by atoms with van der Waals surface area (Å²) in [5, 5.41) is 3.88. The van der Waals surface area contributed by atoms with Gasteiger partial charge in [-0.2, -0.15) is 0 Å². The van der Waals surface area contributed by atoms with Gasteiger partial charge in [0.25, 0.3) is 5.91 Å². The number of nitrogens with one attached hydrogen (secondary N) is 1. The molecule has 1 aliphatic heterocycles. The van der Waals surface area contributed by atoms with Crippen molar-refractivity contribution in [3.8, 4) is 5.75 Å². The van der Waals surface area contributed by atoms with Crippen LogP contribution >= 0.6 is 11.3 Å². The zero-order chi connectivity index (χ0) is 11.1. The van der Waals surface area contributed by atoms with Crippen LogP contribution in [0.5, 0.6) is 5.75 Å². The van der Waals surface area contributed by atoms with E-state index in [9.17, 15) is 4.79 Å². The number of fused-ring (bicyclic) bond motifs is 3. The summed E-state index contributed by atoms with van der Waals surface area (Å²) in [6.07, 6.45) is 0. The Bertz CT molecular complexity index is 574. The van der Waals surface area contributed by atoms with Gasteiger partial charge in [0.05, 0.1) is 6.54 Å². The standard InChI is InChI=1S/C12H11NO2S/c1-7-2-3-9-8(6-7)10-11(16-9)12(14)13-4-5-15-10/h2-3,6H,4-5H2,1H3,(H,13,14). The van der Waals surface area contributed by atoms with Crippen molar-refractivity contribution < 1.29 is 9.53 Å². The molecule has 1 aromatic carbocycles. The minimum absolute atomic E-state index is 0.0219. The minimum atomic E-state index is -0.0219. The van der Waals surface area contributed by atoms with E-state index in [1.54, 1.807) is 0 Å². The van der Waals surface area contributed by atoms with Gasteiger partial charge < -0.3 is 10.1 Å². The molecule has 0 fully saturated rings. The van der Waals surface area contributed by atoms with Crippen LogP contribution in [0.1, 0.15) is 15.2 Å². The summed E-state index contributed by atoms with van der Waals surface area (Å²) in [6.45, 7) is 3.16. The van der Waals surface area contributed by atoms with Crippen molar-refractivity contribution in [2.24, 2.45) is 0 Å². The fraction of sp³-hybridized carbons (Fsp3) is 0.250. The van der Waals surface area contributed by atoms with Crippen LogP contribution in [0.25, 0.3) is 10.1 Å². The number of hydrogen-bond acceptors (Lipinski definition) is 3. The summed E-state index contributed by atoms with van der Waals surface area (Å²) >= 11 is 1.49. The van der Waals surface area contributed by atoms with E-state index in [-0.39, 0.29) is 5.91 Å². The lowest BCUT2D eigenvalue weighted by molar-refractivity contribution is 0.0961. The van der Waals surface area contributed by atoms with E-state index >= 15 is 0 Å². The predicted molar refractivity (Wildman–Crippen MR) is 64.4 cm³/mol. The fourth-order valence-corrected chi connectivity index (χ4v) is 2.92. The number of aryl methyl sites for hydroxylation is 1. The van der Waals surface area contributed by atoms with Gasteiger partial charge >= 0.3 is 0 Å². The monoisotopic (exact) mass is 233 g/mol. The van der Waals surface area contributed by atoms with Crippen LogP contribution < -0.4 is 10.1 Å². The Hall–Kier alpha value is -1.55. The van der Waals surface area contributed by atoms with Crippen molar-refractivity contribution in [2.45, 2.75) is 6.92 Å². The van der Waals surface area contributed by atoms with Crippen molar-refractivity contribution in [1.82, 2.24) is 5.32 Å². The second kappa shape index (κ2) is 3.49. The maximum atomic E-state index is 11.8. The Labute approximate surface area is 97.0 Å². The van der Waals surface area contributed by atoms with Crippen molar-refractivity contribution in [3.63, 3.8) is 0 Å². The second-order valence-electron chi connectivity index (χ2n) is 3.86. The van der Waals surface area contributed by atoms with E-state index in [1.807, 2.05) is 13.0 Å². The lowest BCUT2D eigenvalue weighted by Gasteiger charge is -2.01. The Balaban J connectivity index is 2.30. The molecule has 2 heterocycles. The van der Waals surface area contributed by atoms with Crippen LogP contribution in [0.3, 0.4) is 0 Å². The first-order valence-electron chi connectivity index (χ1n) is 5.20. The average molecular weight is 233 g/mol. The van der Waals surface area contributed by atoms with Crippen LogP contribution in [-0.4, -0.2) is 19.1 Å². The van der Waals surface area contributed by atoms with Crippen molar-refractivity contribution in [2.75, 3.05) is 13.2 Å². The van der Waals surface area contributed by atoms with Crippen LogP contribution in [0.15, 0.2) is 18.2 Å². The first kappa shape index (κ1) is 9.66. The summed E-state index contributed by atoms with van der Waals surface area (Å²) in [6, 6.07) is 6.17. The molecule has 1 N–H and O–H groups in total. The molecule has 0 aliphatic carbocycles. The molecule has 0 radical (unpaired) electrons. The molecule has 0 saturated carbocycles. The number of thiophene rings is 1. The average Bonchev–Trinajstić information content (AvgIpc) is 2.52. The molecule has 0 spiro atoms. The number of carbonyl (C=O) groups excluding carboxylic acids is 1. The Morgan fingerprint density at radius 2 is 2.31 bits per heavy atom. The largest absolute Gasteiger partial charge is 0.489 e. The molecular weight excluding hydrogens is 222 g/mol. The lowest BCUT2D eigenvalue weighted by atomic mass is 10.1. The molecule has 1 aromatic heterocycles. The first-order chi connectivity index (χ1) is 7.75. The van der Waals surface area contributed by atoms with Gasteiger partial charge in [-0.25, -0.2) is 0 Å². The second-order valence-corrected chi connectivity index (χ2v) is 4.92. The van der Waals surface area contributed by atoms with E-state index in [0.29, 0.717) is 18.0 Å². The molecule has 3 nitrogen and oxygen atoms in total. The van der Waals surface area contributed by atoms with Gasteiger partial charge in [0.1, 0.15) is 11.5 Å². The Kier molecular flexibility index (Phi) is 2.11. The van der Waals surface area contributed by atoms with Crippen LogP contribution in [0.4, 0.5) is 0 Å². The molecule has 4 heteroatoms. The van der Waals surface area contributed by atoms with E-state index in [4.69, 9.17) is 4.74 Å². The third kappa shape index (κ3) is 1.38. The van der Waals surface area contributed by atoms with Crippen LogP contribution in [-0.2, 0) is 0 Å². The van der Waals surface area contributed by atoms with Gasteiger partial charge in [0.2, 0.25) is 0 Å². The minimum Gasteiger partial charge on any atom is -0.489 e. The molecule has 1 aliphatic rings. The molecule has 0 saturated heterocycles. The normalized spacial score (nSPS) is 15.2. The quantitative estimate of drug-likeness (QED) is 0.758. The summed E-state index contributed by atoms with van der Waals surface area (Å²) in [5.41, 5.74) is 1.18. The number of amides is 1. The van der Waals surface area contributed by atoms with Crippen molar-refractivity contribution in [3.05, 3.63) is 28.6 Å². The molecule has 0 unspecified atom stereocenters. The van der Waals surface area contributed by atoms with Gasteiger partial charge in [0, 0.05) is 10.1 Å². The molecule has 0 atom stereocenters. The van der Waals surface area contributed by atoms with Gasteiger partial charge in [0.15, 0.2) is 5.75 Å². The number of ether oxygens (including phenoxy) is 1. The highest BCUT2D eigenvalue weighted by Crippen LogP contribution is 2.38. The van der Waals surface area contributed by atoms with Crippen LogP contribution in [0, 0.1) is 6.92 Å². The Morgan fingerprint density at radius 1 is 1.44 bits per heavy atom.